The third-order valence-corrected chi connectivity index (χ3v) is 3.08. The first-order chi connectivity index (χ1) is 9.29. The van der Waals surface area contributed by atoms with Gasteiger partial charge in [0.15, 0.2) is 0 Å². The fourth-order valence-electron chi connectivity index (χ4n) is 1.90. The molecule has 4 nitrogen and oxygen atoms in total. The number of rotatable bonds is 7. The molecule has 0 spiro atoms. The van der Waals surface area contributed by atoms with Crippen LogP contribution in [0.15, 0.2) is 34.7 Å². The summed E-state index contributed by atoms with van der Waals surface area (Å²) in [5.74, 6) is 1.22. The van der Waals surface area contributed by atoms with Crippen LogP contribution in [0.4, 0.5) is 0 Å². The van der Waals surface area contributed by atoms with Gasteiger partial charge < -0.3 is 9.73 Å². The van der Waals surface area contributed by atoms with Crippen molar-refractivity contribution in [1.82, 2.24) is 15.5 Å². The number of benzene rings is 1. The van der Waals surface area contributed by atoms with E-state index in [0.717, 1.165) is 5.56 Å². The number of unbranched alkanes of at least 4 members (excludes halogenated alkanes) is 1. The van der Waals surface area contributed by atoms with Crippen molar-refractivity contribution < 1.29 is 4.42 Å². The molecule has 1 N–H and O–H groups in total. The Morgan fingerprint density at radius 3 is 2.74 bits per heavy atom. The van der Waals surface area contributed by atoms with Gasteiger partial charge in [0.1, 0.15) is 0 Å². The van der Waals surface area contributed by atoms with Gasteiger partial charge in [0, 0.05) is 11.6 Å². The van der Waals surface area contributed by atoms with Gasteiger partial charge in [-0.15, -0.1) is 10.2 Å². The highest BCUT2D eigenvalue weighted by molar-refractivity contribution is 5.51. The lowest BCUT2D eigenvalue weighted by molar-refractivity contribution is 0.431. The summed E-state index contributed by atoms with van der Waals surface area (Å²) < 4.78 is 5.64. The maximum atomic E-state index is 5.64. The molecule has 1 heterocycles. The molecule has 0 saturated carbocycles. The molecule has 0 fully saturated rings. The third kappa shape index (κ3) is 4.17. The molecular formula is C15H21N3O. The molecule has 0 radical (unpaired) electrons. The Balaban J connectivity index is 1.88. The molecule has 0 aliphatic rings. The summed E-state index contributed by atoms with van der Waals surface area (Å²) in [7, 11) is 0. The molecule has 0 aliphatic carbocycles. The number of nitrogens with zero attached hydrogens (tertiary/aromatic N) is 2. The number of aromatic nitrogens is 2. The summed E-state index contributed by atoms with van der Waals surface area (Å²) in [6, 6.07) is 10.3. The Labute approximate surface area is 114 Å². The molecule has 1 aromatic heterocycles. The van der Waals surface area contributed by atoms with Crippen molar-refractivity contribution in [2.24, 2.45) is 0 Å². The van der Waals surface area contributed by atoms with E-state index in [9.17, 15) is 0 Å². The smallest absolute Gasteiger partial charge is 0.247 e. The first-order valence-electron chi connectivity index (χ1n) is 6.90. The van der Waals surface area contributed by atoms with E-state index >= 15 is 0 Å². The Morgan fingerprint density at radius 2 is 2.00 bits per heavy atom. The van der Waals surface area contributed by atoms with E-state index in [1.165, 1.54) is 19.3 Å². The molecule has 4 heteroatoms. The normalized spacial score (nSPS) is 12.5. The topological polar surface area (TPSA) is 51.0 Å². The zero-order valence-corrected chi connectivity index (χ0v) is 11.6. The van der Waals surface area contributed by atoms with Gasteiger partial charge in [0.05, 0.1) is 6.54 Å². The molecule has 0 saturated heterocycles. The highest BCUT2D eigenvalue weighted by Crippen LogP contribution is 2.16. The first-order valence-corrected chi connectivity index (χ1v) is 6.90. The van der Waals surface area contributed by atoms with Crippen LogP contribution in [-0.2, 0) is 6.54 Å². The fraction of sp³-hybridized carbons (Fsp3) is 0.467. The maximum Gasteiger partial charge on any atom is 0.247 e. The van der Waals surface area contributed by atoms with Crippen molar-refractivity contribution in [2.45, 2.75) is 45.7 Å². The van der Waals surface area contributed by atoms with E-state index in [2.05, 4.69) is 29.4 Å². The number of hydrogen-bond acceptors (Lipinski definition) is 4. The van der Waals surface area contributed by atoms with E-state index < -0.39 is 0 Å². The summed E-state index contributed by atoms with van der Waals surface area (Å²) in [6.45, 7) is 5.02. The van der Waals surface area contributed by atoms with Gasteiger partial charge in [-0.05, 0) is 25.5 Å². The van der Waals surface area contributed by atoms with Crippen molar-refractivity contribution in [1.29, 1.82) is 0 Å². The lowest BCUT2D eigenvalue weighted by atomic mass is 10.1. The minimum absolute atomic E-state index is 0.479. The Hall–Kier alpha value is -1.68. The third-order valence-electron chi connectivity index (χ3n) is 3.08. The van der Waals surface area contributed by atoms with Crippen LogP contribution in [0.3, 0.4) is 0 Å². The van der Waals surface area contributed by atoms with Crippen molar-refractivity contribution in [3.63, 3.8) is 0 Å². The van der Waals surface area contributed by atoms with Crippen LogP contribution in [-0.4, -0.2) is 16.2 Å². The second kappa shape index (κ2) is 7.04. The van der Waals surface area contributed by atoms with Gasteiger partial charge >= 0.3 is 0 Å². The molecule has 0 amide bonds. The summed E-state index contributed by atoms with van der Waals surface area (Å²) in [5, 5.41) is 11.5. The van der Waals surface area contributed by atoms with E-state index in [1.807, 2.05) is 30.3 Å². The average Bonchev–Trinajstić information content (AvgIpc) is 2.93. The summed E-state index contributed by atoms with van der Waals surface area (Å²) in [5.41, 5.74) is 0.959. The van der Waals surface area contributed by atoms with Crippen molar-refractivity contribution >= 4 is 0 Å². The highest BCUT2D eigenvalue weighted by Gasteiger charge is 2.09. The second-order valence-corrected chi connectivity index (χ2v) is 4.79. The largest absolute Gasteiger partial charge is 0.419 e. The van der Waals surface area contributed by atoms with E-state index in [0.29, 0.717) is 24.4 Å². The van der Waals surface area contributed by atoms with Gasteiger partial charge in [0.2, 0.25) is 11.8 Å². The molecule has 1 aromatic carbocycles. The fourth-order valence-corrected chi connectivity index (χ4v) is 1.90. The van der Waals surface area contributed by atoms with Crippen molar-refractivity contribution in [2.75, 3.05) is 0 Å². The predicted molar refractivity (Wildman–Crippen MR) is 75.6 cm³/mol. The van der Waals surface area contributed by atoms with Gasteiger partial charge in [-0.25, -0.2) is 0 Å². The van der Waals surface area contributed by atoms with Crippen LogP contribution in [0.25, 0.3) is 11.5 Å². The molecule has 2 rings (SSSR count). The van der Waals surface area contributed by atoms with Crippen LogP contribution in [0.5, 0.6) is 0 Å². The summed E-state index contributed by atoms with van der Waals surface area (Å²) in [6.07, 6.45) is 3.65. The van der Waals surface area contributed by atoms with Crippen molar-refractivity contribution in [3.8, 4) is 11.5 Å². The van der Waals surface area contributed by atoms with Crippen LogP contribution >= 0.6 is 0 Å². The lowest BCUT2D eigenvalue weighted by Gasteiger charge is -2.10. The molecule has 102 valence electrons. The molecule has 2 aromatic rings. The van der Waals surface area contributed by atoms with Crippen LogP contribution < -0.4 is 5.32 Å². The molecule has 1 unspecified atom stereocenters. The van der Waals surface area contributed by atoms with Crippen LogP contribution in [0.1, 0.15) is 39.0 Å². The van der Waals surface area contributed by atoms with E-state index in [4.69, 9.17) is 4.42 Å². The average molecular weight is 259 g/mol. The zero-order chi connectivity index (χ0) is 13.5. The van der Waals surface area contributed by atoms with Crippen LogP contribution in [0, 0.1) is 0 Å². The standard InChI is InChI=1S/C15H21N3O/c1-3-4-8-12(2)16-11-14-17-18-15(19-14)13-9-6-5-7-10-13/h5-7,9-10,12,16H,3-4,8,11H2,1-2H3. The Morgan fingerprint density at radius 1 is 1.21 bits per heavy atom. The zero-order valence-electron chi connectivity index (χ0n) is 11.6. The molecule has 0 bridgehead atoms. The summed E-state index contributed by atoms with van der Waals surface area (Å²) >= 11 is 0. The van der Waals surface area contributed by atoms with Crippen LogP contribution in [0.2, 0.25) is 0 Å². The molecule has 1 atom stereocenters. The first kappa shape index (κ1) is 13.7. The maximum absolute atomic E-state index is 5.64. The second-order valence-electron chi connectivity index (χ2n) is 4.79. The van der Waals surface area contributed by atoms with Gasteiger partial charge in [0.25, 0.3) is 0 Å². The van der Waals surface area contributed by atoms with E-state index in [1.54, 1.807) is 0 Å². The monoisotopic (exact) mass is 259 g/mol. The SMILES string of the molecule is CCCCC(C)NCc1nnc(-c2ccccc2)o1. The molecule has 19 heavy (non-hydrogen) atoms. The highest BCUT2D eigenvalue weighted by atomic mass is 16.4. The summed E-state index contributed by atoms with van der Waals surface area (Å²) in [4.78, 5) is 0. The lowest BCUT2D eigenvalue weighted by Crippen LogP contribution is -2.25. The quantitative estimate of drug-likeness (QED) is 0.828. The Kier molecular flexibility index (Phi) is 5.10. The number of nitrogens with one attached hydrogen (secondary N) is 1. The van der Waals surface area contributed by atoms with E-state index in [-0.39, 0.29) is 0 Å². The minimum atomic E-state index is 0.479. The Bertz CT molecular complexity index is 481. The predicted octanol–water partition coefficient (Wildman–Crippen LogP) is 3.40. The number of hydrogen-bond donors (Lipinski definition) is 1. The minimum Gasteiger partial charge on any atom is -0.419 e. The molecule has 0 aliphatic heterocycles. The van der Waals surface area contributed by atoms with Gasteiger partial charge in [-0.2, -0.15) is 0 Å². The van der Waals surface area contributed by atoms with Gasteiger partial charge in [-0.1, -0.05) is 38.0 Å². The van der Waals surface area contributed by atoms with Gasteiger partial charge in [-0.3, -0.25) is 0 Å². The van der Waals surface area contributed by atoms with Crippen molar-refractivity contribution in [3.05, 3.63) is 36.2 Å². The molecular weight excluding hydrogens is 238 g/mol.